The predicted molar refractivity (Wildman–Crippen MR) is 130 cm³/mol. The van der Waals surface area contributed by atoms with Crippen molar-refractivity contribution in [2.45, 2.75) is 45.7 Å². The minimum Gasteiger partial charge on any atom is -0.467 e. The minimum atomic E-state index is -0.726. The summed E-state index contributed by atoms with van der Waals surface area (Å²) in [6.07, 6.45) is 4.05. The summed E-state index contributed by atoms with van der Waals surface area (Å²) in [6, 6.07) is 17.6. The summed E-state index contributed by atoms with van der Waals surface area (Å²) in [4.78, 5) is 23.8. The molecule has 2 aromatic heterocycles. The van der Waals surface area contributed by atoms with Crippen LogP contribution >= 0.6 is 0 Å². The first-order valence-corrected chi connectivity index (χ1v) is 11.4. The average Bonchev–Trinajstić information content (AvgIpc) is 3.43. The van der Waals surface area contributed by atoms with E-state index in [0.29, 0.717) is 6.42 Å². The Morgan fingerprint density at radius 2 is 1.97 bits per heavy atom. The lowest BCUT2D eigenvalue weighted by molar-refractivity contribution is -0.144. The maximum absolute atomic E-state index is 12.2. The summed E-state index contributed by atoms with van der Waals surface area (Å²) in [7, 11) is 1.33. The molecule has 4 aromatic rings. The molecule has 0 aliphatic rings. The summed E-state index contributed by atoms with van der Waals surface area (Å²) in [5, 5.41) is 7.98. The predicted octanol–water partition coefficient (Wildman–Crippen LogP) is 4.46. The maximum Gasteiger partial charge on any atom is 0.328 e. The molecular weight excluding hydrogens is 430 g/mol. The lowest BCUT2D eigenvalue weighted by Crippen LogP contribution is -2.41. The van der Waals surface area contributed by atoms with Crippen LogP contribution in [0.1, 0.15) is 30.2 Å². The van der Waals surface area contributed by atoms with Crippen molar-refractivity contribution in [3.8, 4) is 11.3 Å². The number of aryl methyl sites for hydroxylation is 3. The van der Waals surface area contributed by atoms with Gasteiger partial charge < -0.3 is 19.1 Å². The molecule has 34 heavy (non-hydrogen) atoms. The highest BCUT2D eigenvalue weighted by Crippen LogP contribution is 2.24. The van der Waals surface area contributed by atoms with E-state index < -0.39 is 12.0 Å². The Bertz CT molecular complexity index is 1300. The van der Waals surface area contributed by atoms with Crippen molar-refractivity contribution in [3.63, 3.8) is 0 Å². The second-order valence-corrected chi connectivity index (χ2v) is 8.50. The van der Waals surface area contributed by atoms with Gasteiger partial charge in [-0.1, -0.05) is 47.1 Å². The Kier molecular flexibility index (Phi) is 7.11. The largest absolute Gasteiger partial charge is 0.467 e. The summed E-state index contributed by atoms with van der Waals surface area (Å²) >= 11 is 0. The topological polar surface area (TPSA) is 86.4 Å². The fraction of sp³-hybridized carbons (Fsp3) is 0.296. The molecule has 0 saturated heterocycles. The van der Waals surface area contributed by atoms with Crippen LogP contribution in [0.5, 0.6) is 0 Å². The first-order valence-electron chi connectivity index (χ1n) is 11.4. The normalized spacial score (nSPS) is 12.0. The van der Waals surface area contributed by atoms with Gasteiger partial charge in [0.05, 0.1) is 7.11 Å². The second-order valence-electron chi connectivity index (χ2n) is 8.50. The zero-order valence-electron chi connectivity index (χ0n) is 19.7. The lowest BCUT2D eigenvalue weighted by atomic mass is 10.1. The molecule has 0 aliphatic heterocycles. The van der Waals surface area contributed by atoms with E-state index in [1.54, 1.807) is 0 Å². The van der Waals surface area contributed by atoms with Gasteiger partial charge in [-0.25, -0.2) is 4.79 Å². The highest BCUT2D eigenvalue weighted by Gasteiger charge is 2.22. The van der Waals surface area contributed by atoms with E-state index in [1.807, 2.05) is 36.4 Å². The molecule has 1 amide bonds. The third-order valence-corrected chi connectivity index (χ3v) is 5.85. The van der Waals surface area contributed by atoms with Gasteiger partial charge >= 0.3 is 5.97 Å². The standard InChI is InChI=1S/C27H29N3O4/c1-18-8-6-9-20(14-18)24-16-22(34-29-24)10-7-13-30-17-21(23-11-4-5-12-26(23)30)15-25(27(32)33-3)28-19(2)31/h4-6,8-9,11-12,14,16-17,25H,7,10,13,15H2,1-3H3,(H,28,31)/t25-/m0/s1. The van der Waals surface area contributed by atoms with Crippen molar-refractivity contribution in [3.05, 3.63) is 77.7 Å². The number of nitrogens with one attached hydrogen (secondary N) is 1. The number of hydrogen-bond donors (Lipinski definition) is 1. The molecule has 2 heterocycles. The Hall–Kier alpha value is -3.87. The average molecular weight is 460 g/mol. The number of carbonyl (C=O) groups excluding carboxylic acids is 2. The number of aromatic nitrogens is 2. The van der Waals surface area contributed by atoms with Crippen molar-refractivity contribution in [2.75, 3.05) is 7.11 Å². The van der Waals surface area contributed by atoms with E-state index in [2.05, 4.69) is 46.4 Å². The van der Waals surface area contributed by atoms with Gasteiger partial charge in [0.1, 0.15) is 17.5 Å². The van der Waals surface area contributed by atoms with Gasteiger partial charge in [0, 0.05) is 55.0 Å². The van der Waals surface area contributed by atoms with Crippen molar-refractivity contribution < 1.29 is 18.8 Å². The third kappa shape index (κ3) is 5.36. The Balaban J connectivity index is 1.47. The Morgan fingerprint density at radius 1 is 1.15 bits per heavy atom. The molecular formula is C27H29N3O4. The first-order chi connectivity index (χ1) is 16.4. The van der Waals surface area contributed by atoms with E-state index in [1.165, 1.54) is 19.6 Å². The number of hydrogen-bond acceptors (Lipinski definition) is 5. The number of ether oxygens (including phenoxy) is 1. The van der Waals surface area contributed by atoms with Crippen LogP contribution in [-0.2, 0) is 33.7 Å². The fourth-order valence-corrected chi connectivity index (χ4v) is 4.27. The van der Waals surface area contributed by atoms with Crippen LogP contribution in [0.2, 0.25) is 0 Å². The molecule has 0 fully saturated rings. The molecule has 0 aliphatic carbocycles. The summed E-state index contributed by atoms with van der Waals surface area (Å²) < 4.78 is 12.6. The molecule has 0 bridgehead atoms. The Labute approximate surface area is 198 Å². The number of carbonyl (C=O) groups is 2. The van der Waals surface area contributed by atoms with Gasteiger partial charge in [-0.15, -0.1) is 0 Å². The third-order valence-electron chi connectivity index (χ3n) is 5.85. The SMILES string of the molecule is COC(=O)[C@H](Cc1cn(CCCc2cc(-c3cccc(C)c3)no2)c2ccccc12)NC(C)=O. The Morgan fingerprint density at radius 3 is 2.74 bits per heavy atom. The number of nitrogens with zero attached hydrogens (tertiary/aromatic N) is 2. The quantitative estimate of drug-likeness (QED) is 0.374. The lowest BCUT2D eigenvalue weighted by Gasteiger charge is -2.14. The van der Waals surface area contributed by atoms with Crippen LogP contribution in [0.4, 0.5) is 0 Å². The van der Waals surface area contributed by atoms with E-state index in [-0.39, 0.29) is 5.91 Å². The smallest absolute Gasteiger partial charge is 0.328 e. The van der Waals surface area contributed by atoms with Crippen molar-refractivity contribution in [1.82, 2.24) is 15.0 Å². The number of amides is 1. The van der Waals surface area contributed by atoms with Crippen LogP contribution in [0.3, 0.4) is 0 Å². The first kappa shape index (κ1) is 23.3. The molecule has 0 spiro atoms. The van der Waals surface area contributed by atoms with Gasteiger partial charge in [0.25, 0.3) is 0 Å². The second kappa shape index (κ2) is 10.4. The molecule has 1 N–H and O–H groups in total. The van der Waals surface area contributed by atoms with Crippen LogP contribution in [0, 0.1) is 6.92 Å². The highest BCUT2D eigenvalue weighted by atomic mass is 16.5. The van der Waals surface area contributed by atoms with Gasteiger partial charge in [-0.2, -0.15) is 0 Å². The zero-order valence-corrected chi connectivity index (χ0v) is 19.7. The number of benzene rings is 2. The molecule has 1 atom stereocenters. The van der Waals surface area contributed by atoms with Gasteiger partial charge in [-0.05, 0) is 31.0 Å². The molecule has 0 unspecified atom stereocenters. The monoisotopic (exact) mass is 459 g/mol. The van der Waals surface area contributed by atoms with Gasteiger partial charge in [-0.3, -0.25) is 4.79 Å². The number of para-hydroxylation sites is 1. The fourth-order valence-electron chi connectivity index (χ4n) is 4.27. The number of rotatable bonds is 9. The number of fused-ring (bicyclic) bond motifs is 1. The van der Waals surface area contributed by atoms with Crippen molar-refractivity contribution in [1.29, 1.82) is 0 Å². The summed E-state index contributed by atoms with van der Waals surface area (Å²) in [5.74, 6) is 0.127. The van der Waals surface area contributed by atoms with Crippen molar-refractivity contribution in [2.24, 2.45) is 0 Å². The number of methoxy groups -OCH3 is 1. The maximum atomic E-state index is 12.2. The van der Waals surface area contributed by atoms with Crippen LogP contribution in [0.25, 0.3) is 22.2 Å². The van der Waals surface area contributed by atoms with E-state index >= 15 is 0 Å². The molecule has 176 valence electrons. The molecule has 7 heteroatoms. The molecule has 0 radical (unpaired) electrons. The van der Waals surface area contributed by atoms with Crippen molar-refractivity contribution >= 4 is 22.8 Å². The zero-order chi connectivity index (χ0) is 24.1. The van der Waals surface area contributed by atoms with Crippen LogP contribution in [0.15, 0.2) is 65.3 Å². The van der Waals surface area contributed by atoms with Crippen LogP contribution in [-0.4, -0.2) is 34.8 Å². The summed E-state index contributed by atoms with van der Waals surface area (Å²) in [5.41, 5.74) is 5.16. The molecule has 0 saturated carbocycles. The molecule has 7 nitrogen and oxygen atoms in total. The molecule has 2 aromatic carbocycles. The van der Waals surface area contributed by atoms with Crippen LogP contribution < -0.4 is 5.32 Å². The van der Waals surface area contributed by atoms with E-state index in [9.17, 15) is 9.59 Å². The highest BCUT2D eigenvalue weighted by molar-refractivity contribution is 5.87. The van der Waals surface area contributed by atoms with Gasteiger partial charge in [0.2, 0.25) is 5.91 Å². The molecule has 4 rings (SSSR count). The number of esters is 1. The summed E-state index contributed by atoms with van der Waals surface area (Å²) in [6.45, 7) is 4.24. The van der Waals surface area contributed by atoms with Gasteiger partial charge in [0.15, 0.2) is 0 Å². The van der Waals surface area contributed by atoms with E-state index in [4.69, 9.17) is 9.26 Å². The minimum absolute atomic E-state index is 0.267. The van der Waals surface area contributed by atoms with E-state index in [0.717, 1.165) is 52.9 Å².